The minimum atomic E-state index is 0.152. The summed E-state index contributed by atoms with van der Waals surface area (Å²) >= 11 is 0. The second-order valence-corrected chi connectivity index (χ2v) is 3.19. The molecule has 2 aromatic rings. The van der Waals surface area contributed by atoms with E-state index in [4.69, 9.17) is 5.73 Å². The fourth-order valence-electron chi connectivity index (χ4n) is 1.53. The van der Waals surface area contributed by atoms with E-state index in [2.05, 4.69) is 0 Å². The molecule has 2 rings (SSSR count). The highest BCUT2D eigenvalue weighted by Crippen LogP contribution is 2.31. The van der Waals surface area contributed by atoms with Gasteiger partial charge in [-0.15, -0.1) is 0 Å². The third-order valence-electron chi connectivity index (χ3n) is 2.25. The molecule has 4 N–H and O–H groups in total. The summed E-state index contributed by atoms with van der Waals surface area (Å²) in [6.07, 6.45) is 0. The number of phenols is 2. The predicted octanol–water partition coefficient (Wildman–Crippen LogP) is 1.71. The van der Waals surface area contributed by atoms with Crippen molar-refractivity contribution in [1.29, 1.82) is 0 Å². The van der Waals surface area contributed by atoms with Gasteiger partial charge in [0.2, 0.25) is 0 Å². The van der Waals surface area contributed by atoms with E-state index in [1.165, 1.54) is 0 Å². The van der Waals surface area contributed by atoms with Gasteiger partial charge >= 0.3 is 0 Å². The van der Waals surface area contributed by atoms with Crippen LogP contribution in [0.1, 0.15) is 5.56 Å². The summed E-state index contributed by atoms with van der Waals surface area (Å²) in [5.74, 6) is 0.312. The minimum absolute atomic E-state index is 0.152. The standard InChI is InChI=1S/C11H11NO2/c12-6-7-4-9-8(11(14)5-7)2-1-3-10(9)13/h1-5,13-14H,6,12H2. The van der Waals surface area contributed by atoms with Crippen LogP contribution >= 0.6 is 0 Å². The van der Waals surface area contributed by atoms with Gasteiger partial charge in [-0.3, -0.25) is 0 Å². The van der Waals surface area contributed by atoms with Crippen LogP contribution in [0.5, 0.6) is 11.5 Å². The van der Waals surface area contributed by atoms with E-state index in [1.54, 1.807) is 30.3 Å². The topological polar surface area (TPSA) is 66.5 Å². The molecule has 2 aromatic carbocycles. The minimum Gasteiger partial charge on any atom is -0.507 e. The molecule has 3 heteroatoms. The fourth-order valence-corrected chi connectivity index (χ4v) is 1.53. The molecule has 0 atom stereocenters. The van der Waals surface area contributed by atoms with E-state index in [-0.39, 0.29) is 11.5 Å². The number of nitrogens with two attached hydrogens (primary N) is 1. The number of hydrogen-bond donors (Lipinski definition) is 3. The highest BCUT2D eigenvalue weighted by molar-refractivity contribution is 5.93. The molecule has 0 saturated heterocycles. The average Bonchev–Trinajstić information content (AvgIpc) is 2.19. The predicted molar refractivity (Wildman–Crippen MR) is 55.2 cm³/mol. The van der Waals surface area contributed by atoms with Crippen molar-refractivity contribution in [3.63, 3.8) is 0 Å². The van der Waals surface area contributed by atoms with Crippen LogP contribution in [0.3, 0.4) is 0 Å². The lowest BCUT2D eigenvalue weighted by molar-refractivity contribution is 0.475. The maximum atomic E-state index is 9.64. The van der Waals surface area contributed by atoms with Gasteiger partial charge in [-0.25, -0.2) is 0 Å². The summed E-state index contributed by atoms with van der Waals surface area (Å²) in [4.78, 5) is 0. The SMILES string of the molecule is NCc1cc(O)c2cccc(O)c2c1. The Balaban J connectivity index is 2.83. The van der Waals surface area contributed by atoms with Crippen LogP contribution in [-0.4, -0.2) is 10.2 Å². The summed E-state index contributed by atoms with van der Waals surface area (Å²) in [6.45, 7) is 0.345. The Morgan fingerprint density at radius 1 is 1.00 bits per heavy atom. The molecule has 72 valence electrons. The van der Waals surface area contributed by atoms with Crippen molar-refractivity contribution in [3.05, 3.63) is 35.9 Å². The lowest BCUT2D eigenvalue weighted by Gasteiger charge is -2.05. The van der Waals surface area contributed by atoms with E-state index in [0.29, 0.717) is 17.3 Å². The molecule has 0 spiro atoms. The van der Waals surface area contributed by atoms with Gasteiger partial charge in [-0.05, 0) is 23.8 Å². The fraction of sp³-hybridized carbons (Fsp3) is 0.0909. The molecule has 0 bridgehead atoms. The van der Waals surface area contributed by atoms with Crippen LogP contribution in [0, 0.1) is 0 Å². The van der Waals surface area contributed by atoms with Crippen LogP contribution in [0.15, 0.2) is 30.3 Å². The Morgan fingerprint density at radius 2 is 1.79 bits per heavy atom. The van der Waals surface area contributed by atoms with Crippen molar-refractivity contribution in [2.45, 2.75) is 6.54 Å². The molecule has 0 fully saturated rings. The molecule has 0 aromatic heterocycles. The van der Waals surface area contributed by atoms with E-state index in [9.17, 15) is 10.2 Å². The van der Waals surface area contributed by atoms with Gasteiger partial charge in [-0.1, -0.05) is 12.1 Å². The highest BCUT2D eigenvalue weighted by atomic mass is 16.3. The molecule has 14 heavy (non-hydrogen) atoms. The number of aromatic hydroxyl groups is 2. The Morgan fingerprint density at radius 3 is 2.50 bits per heavy atom. The number of rotatable bonds is 1. The van der Waals surface area contributed by atoms with Gasteiger partial charge in [0.25, 0.3) is 0 Å². The zero-order chi connectivity index (χ0) is 10.1. The normalized spacial score (nSPS) is 10.6. The second kappa shape index (κ2) is 3.20. The lowest BCUT2D eigenvalue weighted by Crippen LogP contribution is -1.95. The molecular weight excluding hydrogens is 178 g/mol. The number of phenolic OH excluding ortho intramolecular Hbond substituents is 2. The third kappa shape index (κ3) is 1.28. The highest BCUT2D eigenvalue weighted by Gasteiger charge is 2.05. The first-order chi connectivity index (χ1) is 6.72. The van der Waals surface area contributed by atoms with E-state index in [1.807, 2.05) is 0 Å². The smallest absolute Gasteiger partial charge is 0.123 e. The molecule has 0 radical (unpaired) electrons. The molecule has 0 aliphatic heterocycles. The number of benzene rings is 2. The molecule has 0 aliphatic carbocycles. The Kier molecular flexibility index (Phi) is 2.02. The molecular formula is C11H11NO2. The van der Waals surface area contributed by atoms with E-state index >= 15 is 0 Å². The van der Waals surface area contributed by atoms with Crippen molar-refractivity contribution in [3.8, 4) is 11.5 Å². The molecule has 0 unspecified atom stereocenters. The number of fused-ring (bicyclic) bond motifs is 1. The van der Waals surface area contributed by atoms with Gasteiger partial charge in [0.15, 0.2) is 0 Å². The number of hydrogen-bond acceptors (Lipinski definition) is 3. The largest absolute Gasteiger partial charge is 0.507 e. The molecule has 0 saturated carbocycles. The van der Waals surface area contributed by atoms with Crippen LogP contribution in [0.2, 0.25) is 0 Å². The van der Waals surface area contributed by atoms with Gasteiger partial charge in [0.05, 0.1) is 0 Å². The van der Waals surface area contributed by atoms with Crippen molar-refractivity contribution in [2.75, 3.05) is 0 Å². The van der Waals surface area contributed by atoms with Gasteiger partial charge in [0, 0.05) is 17.3 Å². The van der Waals surface area contributed by atoms with Gasteiger partial charge in [-0.2, -0.15) is 0 Å². The first-order valence-electron chi connectivity index (χ1n) is 4.36. The van der Waals surface area contributed by atoms with E-state index in [0.717, 1.165) is 5.56 Å². The third-order valence-corrected chi connectivity index (χ3v) is 2.25. The zero-order valence-electron chi connectivity index (χ0n) is 7.57. The van der Waals surface area contributed by atoms with Gasteiger partial charge < -0.3 is 15.9 Å². The van der Waals surface area contributed by atoms with Crippen molar-refractivity contribution in [1.82, 2.24) is 0 Å². The molecule has 0 aliphatic rings. The van der Waals surface area contributed by atoms with Crippen LogP contribution in [-0.2, 0) is 6.54 Å². The monoisotopic (exact) mass is 189 g/mol. The Bertz CT molecular complexity index is 480. The maximum absolute atomic E-state index is 9.64. The van der Waals surface area contributed by atoms with Crippen LogP contribution < -0.4 is 5.73 Å². The van der Waals surface area contributed by atoms with Crippen molar-refractivity contribution >= 4 is 10.8 Å². The molecule has 3 nitrogen and oxygen atoms in total. The Hall–Kier alpha value is -1.74. The van der Waals surface area contributed by atoms with Crippen LogP contribution in [0.4, 0.5) is 0 Å². The van der Waals surface area contributed by atoms with Crippen molar-refractivity contribution < 1.29 is 10.2 Å². The summed E-state index contributed by atoms with van der Waals surface area (Å²) < 4.78 is 0. The van der Waals surface area contributed by atoms with E-state index < -0.39 is 0 Å². The summed E-state index contributed by atoms with van der Waals surface area (Å²) in [5.41, 5.74) is 6.27. The zero-order valence-corrected chi connectivity index (χ0v) is 7.57. The van der Waals surface area contributed by atoms with Crippen LogP contribution in [0.25, 0.3) is 10.8 Å². The van der Waals surface area contributed by atoms with Gasteiger partial charge in [0.1, 0.15) is 11.5 Å². The maximum Gasteiger partial charge on any atom is 0.123 e. The molecule has 0 amide bonds. The summed E-state index contributed by atoms with van der Waals surface area (Å²) in [5, 5.41) is 20.5. The summed E-state index contributed by atoms with van der Waals surface area (Å²) in [6, 6.07) is 8.43. The quantitative estimate of drug-likeness (QED) is 0.639. The Labute approximate surface area is 81.4 Å². The summed E-state index contributed by atoms with van der Waals surface area (Å²) in [7, 11) is 0. The lowest BCUT2D eigenvalue weighted by atomic mass is 10.1. The molecule has 0 heterocycles. The second-order valence-electron chi connectivity index (χ2n) is 3.19. The van der Waals surface area contributed by atoms with Crippen molar-refractivity contribution in [2.24, 2.45) is 5.73 Å². The first kappa shape index (κ1) is 8.84. The first-order valence-corrected chi connectivity index (χ1v) is 4.36. The average molecular weight is 189 g/mol.